The van der Waals surface area contributed by atoms with Crippen LogP contribution in [0.1, 0.15) is 11.1 Å². The maximum Gasteiger partial charge on any atom is 0.243 e. The molecule has 0 aliphatic carbocycles. The molecule has 33 heavy (non-hydrogen) atoms. The van der Waals surface area contributed by atoms with E-state index in [1.165, 1.54) is 38.5 Å². The highest BCUT2D eigenvalue weighted by molar-refractivity contribution is 7.89. The van der Waals surface area contributed by atoms with Gasteiger partial charge >= 0.3 is 0 Å². The molecule has 0 fully saturated rings. The van der Waals surface area contributed by atoms with Gasteiger partial charge in [0.2, 0.25) is 15.9 Å². The minimum absolute atomic E-state index is 0.0217. The van der Waals surface area contributed by atoms with Crippen molar-refractivity contribution in [2.75, 3.05) is 26.1 Å². The van der Waals surface area contributed by atoms with Crippen molar-refractivity contribution in [3.05, 3.63) is 82.9 Å². The average Bonchev–Trinajstić information content (AvgIpc) is 2.80. The van der Waals surface area contributed by atoms with Gasteiger partial charge in [-0.3, -0.25) is 4.79 Å². The standard InChI is InChI=1S/C24H25ClN2O5S/c1-17-4-6-18(7-5-17)15-27(33(29,30)21-11-8-19(25)9-12-21)16-24(28)26-22-14-20(31-2)10-13-23(22)32-3/h4-14H,15-16H2,1-3H3,(H,26,28). The van der Waals surface area contributed by atoms with Crippen LogP contribution in [0.25, 0.3) is 0 Å². The van der Waals surface area contributed by atoms with Crippen molar-refractivity contribution in [3.63, 3.8) is 0 Å². The number of halogens is 1. The van der Waals surface area contributed by atoms with Gasteiger partial charge in [0.05, 0.1) is 31.3 Å². The molecule has 3 aromatic carbocycles. The molecule has 0 heterocycles. The lowest BCUT2D eigenvalue weighted by Crippen LogP contribution is -2.37. The molecule has 0 spiro atoms. The van der Waals surface area contributed by atoms with Crippen LogP contribution in [0, 0.1) is 6.92 Å². The number of ether oxygens (including phenoxy) is 2. The summed E-state index contributed by atoms with van der Waals surface area (Å²) in [5.74, 6) is 0.428. The average molecular weight is 489 g/mol. The molecular formula is C24H25ClN2O5S. The summed E-state index contributed by atoms with van der Waals surface area (Å²) >= 11 is 5.92. The minimum Gasteiger partial charge on any atom is -0.497 e. The fourth-order valence-electron chi connectivity index (χ4n) is 3.14. The molecule has 0 aliphatic rings. The largest absolute Gasteiger partial charge is 0.497 e. The van der Waals surface area contributed by atoms with E-state index in [1.54, 1.807) is 18.2 Å². The van der Waals surface area contributed by atoms with Gasteiger partial charge in [0.1, 0.15) is 11.5 Å². The van der Waals surface area contributed by atoms with Gasteiger partial charge in [-0.25, -0.2) is 8.42 Å². The molecule has 0 saturated carbocycles. The predicted octanol–water partition coefficient (Wildman–Crippen LogP) is 4.50. The second kappa shape index (κ2) is 10.7. The zero-order chi connectivity index (χ0) is 24.0. The summed E-state index contributed by atoms with van der Waals surface area (Å²) in [7, 11) is -0.996. The molecule has 0 atom stereocenters. The van der Waals surface area contributed by atoms with Crippen molar-refractivity contribution in [1.29, 1.82) is 0 Å². The molecule has 1 N–H and O–H groups in total. The number of methoxy groups -OCH3 is 2. The summed E-state index contributed by atoms with van der Waals surface area (Å²) in [6.07, 6.45) is 0. The first-order chi connectivity index (χ1) is 15.7. The van der Waals surface area contributed by atoms with Crippen LogP contribution in [0.4, 0.5) is 5.69 Å². The van der Waals surface area contributed by atoms with E-state index in [4.69, 9.17) is 21.1 Å². The number of carbonyl (C=O) groups excluding carboxylic acids is 1. The van der Waals surface area contributed by atoms with Crippen LogP contribution in [0.5, 0.6) is 11.5 Å². The molecule has 0 aliphatic heterocycles. The van der Waals surface area contributed by atoms with Crippen molar-refractivity contribution >= 4 is 33.2 Å². The van der Waals surface area contributed by atoms with Gasteiger partial charge in [-0.05, 0) is 48.9 Å². The Morgan fingerprint density at radius 2 is 1.64 bits per heavy atom. The molecule has 1 amide bonds. The van der Waals surface area contributed by atoms with E-state index in [0.717, 1.165) is 15.4 Å². The number of rotatable bonds is 9. The summed E-state index contributed by atoms with van der Waals surface area (Å²) < 4.78 is 38.4. The summed E-state index contributed by atoms with van der Waals surface area (Å²) in [6.45, 7) is 1.56. The van der Waals surface area contributed by atoms with Crippen LogP contribution in [0.15, 0.2) is 71.6 Å². The van der Waals surface area contributed by atoms with E-state index in [-0.39, 0.29) is 11.4 Å². The molecule has 0 radical (unpaired) electrons. The highest BCUT2D eigenvalue weighted by atomic mass is 35.5. The Morgan fingerprint density at radius 3 is 2.24 bits per heavy atom. The second-order valence-corrected chi connectivity index (χ2v) is 9.70. The Bertz CT molecular complexity index is 1210. The lowest BCUT2D eigenvalue weighted by molar-refractivity contribution is -0.116. The third-order valence-electron chi connectivity index (χ3n) is 4.93. The number of anilines is 1. The minimum atomic E-state index is -3.98. The first-order valence-corrected chi connectivity index (χ1v) is 11.9. The number of nitrogens with zero attached hydrogens (tertiary/aromatic N) is 1. The molecular weight excluding hydrogens is 464 g/mol. The zero-order valence-corrected chi connectivity index (χ0v) is 20.1. The molecule has 0 aromatic heterocycles. The molecule has 9 heteroatoms. The Hall–Kier alpha value is -3.07. The Labute approximate surface area is 198 Å². The quantitative estimate of drug-likeness (QED) is 0.479. The summed E-state index contributed by atoms with van der Waals surface area (Å²) in [5.41, 5.74) is 2.18. The van der Waals surface area contributed by atoms with Crippen LogP contribution < -0.4 is 14.8 Å². The Kier molecular flexibility index (Phi) is 7.97. The van der Waals surface area contributed by atoms with Crippen LogP contribution in [-0.4, -0.2) is 39.4 Å². The van der Waals surface area contributed by atoms with Crippen molar-refractivity contribution in [3.8, 4) is 11.5 Å². The monoisotopic (exact) mass is 488 g/mol. The third-order valence-corrected chi connectivity index (χ3v) is 6.99. The van der Waals surface area contributed by atoms with Gasteiger partial charge < -0.3 is 14.8 Å². The van der Waals surface area contributed by atoms with Crippen LogP contribution in [0.2, 0.25) is 5.02 Å². The normalized spacial score (nSPS) is 11.3. The van der Waals surface area contributed by atoms with E-state index in [0.29, 0.717) is 22.2 Å². The zero-order valence-electron chi connectivity index (χ0n) is 18.5. The Morgan fingerprint density at radius 1 is 0.970 bits per heavy atom. The number of hydrogen-bond donors (Lipinski definition) is 1. The van der Waals surface area contributed by atoms with E-state index >= 15 is 0 Å². The van der Waals surface area contributed by atoms with Crippen molar-refractivity contribution < 1.29 is 22.7 Å². The number of amides is 1. The predicted molar refractivity (Wildman–Crippen MR) is 128 cm³/mol. The van der Waals surface area contributed by atoms with Crippen molar-refractivity contribution in [1.82, 2.24) is 4.31 Å². The van der Waals surface area contributed by atoms with E-state index in [2.05, 4.69) is 5.32 Å². The van der Waals surface area contributed by atoms with Gasteiger partial charge in [-0.15, -0.1) is 0 Å². The fraction of sp³-hybridized carbons (Fsp3) is 0.208. The van der Waals surface area contributed by atoms with E-state index in [1.807, 2.05) is 31.2 Å². The second-order valence-electron chi connectivity index (χ2n) is 7.33. The van der Waals surface area contributed by atoms with Crippen LogP contribution in [-0.2, 0) is 21.4 Å². The highest BCUT2D eigenvalue weighted by Crippen LogP contribution is 2.29. The third kappa shape index (κ3) is 6.25. The molecule has 174 valence electrons. The van der Waals surface area contributed by atoms with Crippen LogP contribution >= 0.6 is 11.6 Å². The number of nitrogens with one attached hydrogen (secondary N) is 1. The first-order valence-electron chi connectivity index (χ1n) is 10.1. The number of sulfonamides is 1. The van der Waals surface area contributed by atoms with E-state index in [9.17, 15) is 13.2 Å². The van der Waals surface area contributed by atoms with Crippen LogP contribution in [0.3, 0.4) is 0 Å². The summed E-state index contributed by atoms with van der Waals surface area (Å²) in [6, 6.07) is 18.3. The van der Waals surface area contributed by atoms with Gasteiger partial charge in [0.15, 0.2) is 0 Å². The maximum absolute atomic E-state index is 13.4. The topological polar surface area (TPSA) is 84.9 Å². The molecule has 7 nitrogen and oxygen atoms in total. The van der Waals surface area contributed by atoms with Crippen molar-refractivity contribution in [2.24, 2.45) is 0 Å². The first kappa shape index (κ1) is 24.6. The van der Waals surface area contributed by atoms with Gasteiger partial charge in [0, 0.05) is 17.6 Å². The highest BCUT2D eigenvalue weighted by Gasteiger charge is 2.27. The lowest BCUT2D eigenvalue weighted by atomic mass is 10.1. The maximum atomic E-state index is 13.4. The Balaban J connectivity index is 1.90. The van der Waals surface area contributed by atoms with Gasteiger partial charge in [0.25, 0.3) is 0 Å². The summed E-state index contributed by atoms with van der Waals surface area (Å²) in [4.78, 5) is 13.0. The molecule has 0 saturated heterocycles. The number of carbonyl (C=O) groups is 1. The molecule has 3 rings (SSSR count). The molecule has 0 unspecified atom stereocenters. The SMILES string of the molecule is COc1ccc(OC)c(NC(=O)CN(Cc2ccc(C)cc2)S(=O)(=O)c2ccc(Cl)cc2)c1. The number of hydrogen-bond acceptors (Lipinski definition) is 5. The molecule has 3 aromatic rings. The molecule has 0 bridgehead atoms. The van der Waals surface area contributed by atoms with Crippen molar-refractivity contribution in [2.45, 2.75) is 18.4 Å². The lowest BCUT2D eigenvalue weighted by Gasteiger charge is -2.22. The smallest absolute Gasteiger partial charge is 0.243 e. The summed E-state index contributed by atoms with van der Waals surface area (Å²) in [5, 5.41) is 3.14. The van der Waals surface area contributed by atoms with Gasteiger partial charge in [-0.1, -0.05) is 41.4 Å². The fourth-order valence-corrected chi connectivity index (χ4v) is 4.65. The number of benzene rings is 3. The van der Waals surface area contributed by atoms with Gasteiger partial charge in [-0.2, -0.15) is 4.31 Å². The number of aryl methyl sites for hydroxylation is 1. The van der Waals surface area contributed by atoms with E-state index < -0.39 is 22.5 Å².